The van der Waals surface area contributed by atoms with Crippen molar-refractivity contribution in [2.24, 2.45) is 0 Å². The van der Waals surface area contributed by atoms with E-state index in [1.807, 2.05) is 11.4 Å². The van der Waals surface area contributed by atoms with Gasteiger partial charge in [-0.25, -0.2) is 9.78 Å². The minimum absolute atomic E-state index is 0.0326. The van der Waals surface area contributed by atoms with Crippen LogP contribution in [0.1, 0.15) is 38.6 Å². The number of nitrogens with zero attached hydrogens (tertiary/aromatic N) is 1. The van der Waals surface area contributed by atoms with E-state index in [2.05, 4.69) is 4.98 Å². The molecule has 0 saturated heterocycles. The van der Waals surface area contributed by atoms with Gasteiger partial charge in [-0.15, -0.1) is 11.3 Å². The van der Waals surface area contributed by atoms with Crippen LogP contribution in [0.15, 0.2) is 29.6 Å². The molecule has 0 saturated carbocycles. The van der Waals surface area contributed by atoms with Crippen LogP contribution >= 0.6 is 11.3 Å². The molecule has 0 radical (unpaired) electrons. The zero-order valence-electron chi connectivity index (χ0n) is 11.5. The second-order valence-electron chi connectivity index (χ2n) is 4.46. The van der Waals surface area contributed by atoms with Gasteiger partial charge in [0.1, 0.15) is 5.56 Å². The number of Topliss-reactive ketones (excluding diaryl/α,β-unsaturated/α-hetero) is 1. The number of hydrogen-bond donors (Lipinski definition) is 1. The molecule has 6 heteroatoms. The smallest absolute Gasteiger partial charge is 0.341 e. The summed E-state index contributed by atoms with van der Waals surface area (Å²) in [6, 6.07) is 6.72. The number of aromatic carboxylic acids is 1. The van der Waals surface area contributed by atoms with Gasteiger partial charge in [0, 0.05) is 12.1 Å². The van der Waals surface area contributed by atoms with Crippen LogP contribution in [-0.2, 0) is 0 Å². The Morgan fingerprint density at radius 3 is 2.81 bits per heavy atom. The third-order valence-corrected chi connectivity index (χ3v) is 3.72. The molecule has 0 aliphatic heterocycles. The number of carbonyl (C=O) groups is 2. The van der Waals surface area contributed by atoms with Gasteiger partial charge in [-0.2, -0.15) is 0 Å². The number of carboxylic acid groups (broad SMARTS) is 1. The van der Waals surface area contributed by atoms with Gasteiger partial charge in [-0.05, 0) is 36.9 Å². The minimum Gasteiger partial charge on any atom is -0.477 e. The highest BCUT2D eigenvalue weighted by Crippen LogP contribution is 2.17. The molecule has 1 N–H and O–H groups in total. The summed E-state index contributed by atoms with van der Waals surface area (Å²) < 4.78 is 5.41. The van der Waals surface area contributed by atoms with E-state index in [0.717, 1.165) is 4.88 Å². The van der Waals surface area contributed by atoms with Crippen LogP contribution in [-0.4, -0.2) is 28.4 Å². The second-order valence-corrected chi connectivity index (χ2v) is 5.41. The number of ether oxygens (including phenoxy) is 1. The summed E-state index contributed by atoms with van der Waals surface area (Å²) in [4.78, 5) is 27.7. The molecule has 2 aromatic heterocycles. The average Bonchev–Trinajstić information content (AvgIpc) is 2.97. The molecule has 5 nitrogen and oxygen atoms in total. The van der Waals surface area contributed by atoms with Gasteiger partial charge in [0.05, 0.1) is 11.5 Å². The average molecular weight is 305 g/mol. The van der Waals surface area contributed by atoms with E-state index in [9.17, 15) is 9.59 Å². The predicted molar refractivity (Wildman–Crippen MR) is 79.3 cm³/mol. The molecule has 2 heterocycles. The Kier molecular flexibility index (Phi) is 5.05. The van der Waals surface area contributed by atoms with Crippen LogP contribution in [0.5, 0.6) is 5.88 Å². The van der Waals surface area contributed by atoms with Gasteiger partial charge in [0.2, 0.25) is 5.88 Å². The Bertz CT molecular complexity index is 637. The Morgan fingerprint density at radius 2 is 2.14 bits per heavy atom. The first-order valence-corrected chi connectivity index (χ1v) is 7.36. The molecule has 0 atom stereocenters. The normalized spacial score (nSPS) is 10.3. The largest absolute Gasteiger partial charge is 0.477 e. The van der Waals surface area contributed by atoms with E-state index in [1.54, 1.807) is 19.1 Å². The SMILES string of the molecule is Cc1ccc(C(=O)O)c(OCCCC(=O)c2cccs2)n1. The van der Waals surface area contributed by atoms with Crippen molar-refractivity contribution in [3.05, 3.63) is 45.8 Å². The highest BCUT2D eigenvalue weighted by atomic mass is 32.1. The third kappa shape index (κ3) is 4.13. The van der Waals surface area contributed by atoms with Crippen LogP contribution in [0, 0.1) is 6.92 Å². The summed E-state index contributed by atoms with van der Waals surface area (Å²) in [5, 5.41) is 10.9. The lowest BCUT2D eigenvalue weighted by Crippen LogP contribution is -2.08. The zero-order chi connectivity index (χ0) is 15.2. The first-order valence-electron chi connectivity index (χ1n) is 6.48. The van der Waals surface area contributed by atoms with E-state index >= 15 is 0 Å². The van der Waals surface area contributed by atoms with Crippen molar-refractivity contribution in [3.63, 3.8) is 0 Å². The quantitative estimate of drug-likeness (QED) is 0.628. The summed E-state index contributed by atoms with van der Waals surface area (Å²) in [6.07, 6.45) is 0.889. The van der Waals surface area contributed by atoms with E-state index in [0.29, 0.717) is 18.5 Å². The van der Waals surface area contributed by atoms with Gasteiger partial charge in [-0.1, -0.05) is 6.07 Å². The molecule has 0 aliphatic rings. The van der Waals surface area contributed by atoms with Crippen molar-refractivity contribution in [1.29, 1.82) is 0 Å². The lowest BCUT2D eigenvalue weighted by atomic mass is 10.2. The monoisotopic (exact) mass is 305 g/mol. The Hall–Kier alpha value is -2.21. The van der Waals surface area contributed by atoms with Crippen molar-refractivity contribution in [2.45, 2.75) is 19.8 Å². The third-order valence-electron chi connectivity index (χ3n) is 2.81. The maximum absolute atomic E-state index is 11.8. The summed E-state index contributed by atoms with van der Waals surface area (Å²) in [7, 11) is 0. The number of thiophene rings is 1. The van der Waals surface area contributed by atoms with Gasteiger partial charge >= 0.3 is 5.97 Å². The standard InChI is InChI=1S/C15H15NO4S/c1-10-6-7-11(15(18)19)14(16-10)20-8-2-4-12(17)13-5-3-9-21-13/h3,5-7,9H,2,4,8H2,1H3,(H,18,19). The first kappa shape index (κ1) is 15.2. The van der Waals surface area contributed by atoms with Crippen molar-refractivity contribution in [1.82, 2.24) is 4.98 Å². The second kappa shape index (κ2) is 6.99. The van der Waals surface area contributed by atoms with Gasteiger partial charge in [0.25, 0.3) is 0 Å². The van der Waals surface area contributed by atoms with Crippen LogP contribution in [0.25, 0.3) is 0 Å². The minimum atomic E-state index is -1.08. The van der Waals surface area contributed by atoms with Crippen LogP contribution in [0.3, 0.4) is 0 Å². The van der Waals surface area contributed by atoms with E-state index in [4.69, 9.17) is 9.84 Å². The topological polar surface area (TPSA) is 76.5 Å². The maximum Gasteiger partial charge on any atom is 0.341 e. The number of aryl methyl sites for hydroxylation is 1. The number of hydrogen-bond acceptors (Lipinski definition) is 5. The van der Waals surface area contributed by atoms with Gasteiger partial charge < -0.3 is 9.84 Å². The molecule has 0 aliphatic carbocycles. The number of ketones is 1. The molecular weight excluding hydrogens is 290 g/mol. The van der Waals surface area contributed by atoms with Crippen LogP contribution < -0.4 is 4.74 Å². The van der Waals surface area contributed by atoms with Gasteiger partial charge in [0.15, 0.2) is 5.78 Å². The lowest BCUT2D eigenvalue weighted by molar-refractivity contribution is 0.0690. The number of pyridine rings is 1. The van der Waals surface area contributed by atoms with Crippen molar-refractivity contribution in [2.75, 3.05) is 6.61 Å². The molecule has 0 fully saturated rings. The summed E-state index contributed by atoms with van der Waals surface area (Å²) in [6.45, 7) is 2.02. The molecule has 2 aromatic rings. The summed E-state index contributed by atoms with van der Waals surface area (Å²) >= 11 is 1.41. The molecule has 21 heavy (non-hydrogen) atoms. The number of rotatable bonds is 7. The number of carboxylic acids is 1. The summed E-state index contributed by atoms with van der Waals surface area (Å²) in [5.74, 6) is -0.900. The Balaban J connectivity index is 1.87. The van der Waals surface area contributed by atoms with Crippen LogP contribution in [0.2, 0.25) is 0 Å². The molecule has 0 unspecified atom stereocenters. The van der Waals surface area contributed by atoms with E-state index < -0.39 is 5.97 Å². The van der Waals surface area contributed by atoms with Gasteiger partial charge in [-0.3, -0.25) is 4.79 Å². The van der Waals surface area contributed by atoms with E-state index in [1.165, 1.54) is 17.4 Å². The predicted octanol–water partition coefficient (Wildman–Crippen LogP) is 3.19. The molecule has 110 valence electrons. The highest BCUT2D eigenvalue weighted by molar-refractivity contribution is 7.12. The van der Waals surface area contributed by atoms with Crippen molar-refractivity contribution in [3.8, 4) is 5.88 Å². The van der Waals surface area contributed by atoms with E-state index in [-0.39, 0.29) is 23.8 Å². The molecule has 0 spiro atoms. The number of aromatic nitrogens is 1. The summed E-state index contributed by atoms with van der Waals surface area (Å²) in [5.41, 5.74) is 0.717. The Labute approximate surface area is 126 Å². The fourth-order valence-electron chi connectivity index (χ4n) is 1.77. The maximum atomic E-state index is 11.8. The highest BCUT2D eigenvalue weighted by Gasteiger charge is 2.13. The van der Waals surface area contributed by atoms with Crippen molar-refractivity contribution >= 4 is 23.1 Å². The van der Waals surface area contributed by atoms with Crippen LogP contribution in [0.4, 0.5) is 0 Å². The first-order chi connectivity index (χ1) is 10.1. The fraction of sp³-hybridized carbons (Fsp3) is 0.267. The molecular formula is C15H15NO4S. The zero-order valence-corrected chi connectivity index (χ0v) is 12.4. The van der Waals surface area contributed by atoms with Crippen molar-refractivity contribution < 1.29 is 19.4 Å². The molecule has 2 rings (SSSR count). The fourth-order valence-corrected chi connectivity index (χ4v) is 2.46. The molecule has 0 bridgehead atoms. The molecule has 0 aromatic carbocycles. The number of carbonyl (C=O) groups excluding carboxylic acids is 1. The lowest BCUT2D eigenvalue weighted by Gasteiger charge is -2.08. The molecule has 0 amide bonds. The Morgan fingerprint density at radius 1 is 1.33 bits per heavy atom.